The van der Waals surface area contributed by atoms with Gasteiger partial charge in [-0.2, -0.15) is 0 Å². The highest BCUT2D eigenvalue weighted by atomic mass is 16.5. The van der Waals surface area contributed by atoms with E-state index in [9.17, 15) is 5.11 Å². The van der Waals surface area contributed by atoms with Crippen LogP contribution in [0.5, 0.6) is 0 Å². The third kappa shape index (κ3) is 4.45. The number of rotatable bonds is 8. The van der Waals surface area contributed by atoms with Gasteiger partial charge in [-0.05, 0) is 23.3 Å². The Hall–Kier alpha value is -2.95. The summed E-state index contributed by atoms with van der Waals surface area (Å²) in [4.78, 5) is 4.77. The molecule has 1 aromatic heterocycles. The third-order valence-electron chi connectivity index (χ3n) is 5.25. The molecule has 0 saturated carbocycles. The molecule has 4 aromatic rings. The number of hydrogen-bond acceptors (Lipinski definition) is 3. The first kappa shape index (κ1) is 20.3. The molecule has 4 nitrogen and oxygen atoms in total. The molecule has 0 saturated heterocycles. The highest BCUT2D eigenvalue weighted by molar-refractivity contribution is 5.76. The van der Waals surface area contributed by atoms with Gasteiger partial charge in [-0.15, -0.1) is 0 Å². The van der Waals surface area contributed by atoms with Crippen molar-refractivity contribution in [3.63, 3.8) is 0 Å². The predicted octanol–water partition coefficient (Wildman–Crippen LogP) is 5.33. The highest BCUT2D eigenvalue weighted by Gasteiger charge is 2.19. The van der Waals surface area contributed by atoms with Gasteiger partial charge in [0.2, 0.25) is 0 Å². The second kappa shape index (κ2) is 9.24. The van der Waals surface area contributed by atoms with E-state index >= 15 is 0 Å². The van der Waals surface area contributed by atoms with Crippen LogP contribution in [0.2, 0.25) is 0 Å². The van der Waals surface area contributed by atoms with E-state index in [-0.39, 0.29) is 18.6 Å². The minimum Gasteiger partial charge on any atom is -0.389 e. The number of hydrogen-bond donors (Lipinski definition) is 1. The van der Waals surface area contributed by atoms with Crippen molar-refractivity contribution in [3.05, 3.63) is 102 Å². The molecule has 0 spiro atoms. The lowest BCUT2D eigenvalue weighted by atomic mass is 10.0. The number of aromatic nitrogens is 2. The van der Waals surface area contributed by atoms with E-state index in [0.29, 0.717) is 6.54 Å². The molecular formula is C26H28N2O2. The van der Waals surface area contributed by atoms with Crippen LogP contribution in [0, 0.1) is 0 Å². The number of aliphatic hydroxyl groups is 1. The minimum atomic E-state index is -0.643. The summed E-state index contributed by atoms with van der Waals surface area (Å²) in [6.07, 6.45) is -0.860. The monoisotopic (exact) mass is 400 g/mol. The normalized spacial score (nSPS) is 12.7. The van der Waals surface area contributed by atoms with Crippen molar-refractivity contribution < 1.29 is 9.84 Å². The number of benzene rings is 3. The average molecular weight is 401 g/mol. The molecule has 0 aliphatic carbocycles. The fourth-order valence-electron chi connectivity index (χ4n) is 3.84. The molecule has 0 radical (unpaired) electrons. The fourth-order valence-corrected chi connectivity index (χ4v) is 3.84. The standard InChI is InChI=1S/C26H28N2O2/c1-19(2)26-27-23-15-9-10-16-24(23)28(26)17-22(29)18-30-25(20-11-5-3-6-12-20)21-13-7-4-8-14-21/h3-16,19,22,25,29H,17-18H2,1-2H3. The molecular weight excluding hydrogens is 372 g/mol. The second-order valence-electron chi connectivity index (χ2n) is 7.91. The van der Waals surface area contributed by atoms with Crippen LogP contribution in [0.3, 0.4) is 0 Å². The Morgan fingerprint density at radius 2 is 1.40 bits per heavy atom. The quantitative estimate of drug-likeness (QED) is 0.435. The van der Waals surface area contributed by atoms with Gasteiger partial charge in [-0.3, -0.25) is 0 Å². The summed E-state index contributed by atoms with van der Waals surface area (Å²) < 4.78 is 8.37. The van der Waals surface area contributed by atoms with Crippen LogP contribution in [0.1, 0.15) is 42.8 Å². The molecule has 4 rings (SSSR count). The number of imidazole rings is 1. The fraction of sp³-hybridized carbons (Fsp3) is 0.269. The smallest absolute Gasteiger partial charge is 0.112 e. The van der Waals surface area contributed by atoms with Crippen LogP contribution in [0.15, 0.2) is 84.9 Å². The van der Waals surface area contributed by atoms with Gasteiger partial charge in [0.15, 0.2) is 0 Å². The summed E-state index contributed by atoms with van der Waals surface area (Å²) >= 11 is 0. The lowest BCUT2D eigenvalue weighted by molar-refractivity contribution is -0.000490. The van der Waals surface area contributed by atoms with Crippen LogP contribution in [0.4, 0.5) is 0 Å². The van der Waals surface area contributed by atoms with Crippen LogP contribution >= 0.6 is 0 Å². The summed E-state index contributed by atoms with van der Waals surface area (Å²) in [5.41, 5.74) is 4.15. The van der Waals surface area contributed by atoms with Gasteiger partial charge in [0.05, 0.1) is 30.3 Å². The number of ether oxygens (including phenoxy) is 1. The van der Waals surface area contributed by atoms with Gasteiger partial charge in [-0.25, -0.2) is 4.98 Å². The number of nitrogens with zero attached hydrogens (tertiary/aromatic N) is 2. The van der Waals surface area contributed by atoms with Crippen LogP contribution in [-0.2, 0) is 11.3 Å². The molecule has 1 heterocycles. The molecule has 0 bridgehead atoms. The first-order valence-electron chi connectivity index (χ1n) is 10.5. The maximum atomic E-state index is 10.9. The van der Waals surface area contributed by atoms with Crippen LogP contribution < -0.4 is 0 Å². The van der Waals surface area contributed by atoms with Crippen molar-refractivity contribution in [2.45, 2.75) is 38.5 Å². The maximum absolute atomic E-state index is 10.9. The Balaban J connectivity index is 1.53. The van der Waals surface area contributed by atoms with E-state index in [1.54, 1.807) is 0 Å². The van der Waals surface area contributed by atoms with Gasteiger partial charge >= 0.3 is 0 Å². The molecule has 0 amide bonds. The number of aliphatic hydroxyl groups excluding tert-OH is 1. The lowest BCUT2D eigenvalue weighted by Gasteiger charge is -2.22. The summed E-state index contributed by atoms with van der Waals surface area (Å²) in [5.74, 6) is 1.25. The van der Waals surface area contributed by atoms with E-state index in [1.165, 1.54) is 0 Å². The molecule has 154 valence electrons. The Bertz CT molecular complexity index is 1030. The average Bonchev–Trinajstić information content (AvgIpc) is 3.14. The second-order valence-corrected chi connectivity index (χ2v) is 7.91. The van der Waals surface area contributed by atoms with E-state index in [4.69, 9.17) is 9.72 Å². The van der Waals surface area contributed by atoms with Crippen molar-refractivity contribution in [3.8, 4) is 0 Å². The molecule has 1 atom stereocenters. The molecule has 3 aromatic carbocycles. The van der Waals surface area contributed by atoms with Crippen molar-refractivity contribution >= 4 is 11.0 Å². The predicted molar refractivity (Wildman–Crippen MR) is 121 cm³/mol. The molecule has 1 N–H and O–H groups in total. The van der Waals surface area contributed by atoms with Gasteiger partial charge in [0, 0.05) is 5.92 Å². The van der Waals surface area contributed by atoms with E-state index < -0.39 is 6.10 Å². The Morgan fingerprint density at radius 1 is 0.833 bits per heavy atom. The summed E-state index contributed by atoms with van der Waals surface area (Å²) in [6.45, 7) is 4.94. The molecule has 30 heavy (non-hydrogen) atoms. The Labute approximate surface area is 177 Å². The first-order chi connectivity index (χ1) is 14.6. The SMILES string of the molecule is CC(C)c1nc2ccccc2n1CC(O)COC(c1ccccc1)c1ccccc1. The lowest BCUT2D eigenvalue weighted by Crippen LogP contribution is -2.24. The molecule has 4 heteroatoms. The van der Waals surface area contributed by atoms with Gasteiger partial charge < -0.3 is 14.4 Å². The molecule has 0 fully saturated rings. The minimum absolute atomic E-state index is 0.217. The Morgan fingerprint density at radius 3 is 2.00 bits per heavy atom. The summed E-state index contributed by atoms with van der Waals surface area (Å²) in [5, 5.41) is 10.9. The topological polar surface area (TPSA) is 47.3 Å². The summed E-state index contributed by atoms with van der Waals surface area (Å²) in [7, 11) is 0. The van der Waals surface area contributed by atoms with Crippen LogP contribution in [0.25, 0.3) is 11.0 Å². The maximum Gasteiger partial charge on any atom is 0.112 e. The van der Waals surface area contributed by atoms with Crippen molar-refractivity contribution in [1.82, 2.24) is 9.55 Å². The zero-order valence-corrected chi connectivity index (χ0v) is 17.5. The Kier molecular flexibility index (Phi) is 6.26. The summed E-state index contributed by atoms with van der Waals surface area (Å²) in [6, 6.07) is 28.4. The third-order valence-corrected chi connectivity index (χ3v) is 5.25. The van der Waals surface area contributed by atoms with Gasteiger partial charge in [0.1, 0.15) is 11.9 Å². The largest absolute Gasteiger partial charge is 0.389 e. The van der Waals surface area contributed by atoms with Crippen molar-refractivity contribution in [2.24, 2.45) is 0 Å². The van der Waals surface area contributed by atoms with E-state index in [0.717, 1.165) is 28.0 Å². The molecule has 0 aliphatic rings. The molecule has 1 unspecified atom stereocenters. The van der Waals surface area contributed by atoms with Crippen molar-refractivity contribution in [2.75, 3.05) is 6.61 Å². The molecule has 0 aliphatic heterocycles. The van der Waals surface area contributed by atoms with E-state index in [2.05, 4.69) is 48.7 Å². The van der Waals surface area contributed by atoms with Crippen molar-refractivity contribution in [1.29, 1.82) is 0 Å². The van der Waals surface area contributed by atoms with Gasteiger partial charge in [-0.1, -0.05) is 86.6 Å². The zero-order valence-electron chi connectivity index (χ0n) is 17.5. The van der Waals surface area contributed by atoms with Crippen LogP contribution in [-0.4, -0.2) is 27.4 Å². The highest BCUT2D eigenvalue weighted by Crippen LogP contribution is 2.27. The first-order valence-corrected chi connectivity index (χ1v) is 10.5. The van der Waals surface area contributed by atoms with E-state index in [1.807, 2.05) is 54.6 Å². The van der Waals surface area contributed by atoms with Gasteiger partial charge in [0.25, 0.3) is 0 Å². The number of para-hydroxylation sites is 2. The number of fused-ring (bicyclic) bond motifs is 1. The zero-order chi connectivity index (χ0) is 20.9.